The fourth-order valence-corrected chi connectivity index (χ4v) is 2.32. The van der Waals surface area contributed by atoms with Crippen molar-refractivity contribution in [1.29, 1.82) is 0 Å². The second kappa shape index (κ2) is 2.10. The van der Waals surface area contributed by atoms with Crippen molar-refractivity contribution in [1.82, 2.24) is 0 Å². The van der Waals surface area contributed by atoms with Crippen LogP contribution in [0.15, 0.2) is 4.99 Å². The molecule has 1 aliphatic rings. The van der Waals surface area contributed by atoms with Gasteiger partial charge in [0.05, 0.1) is 11.5 Å². The molecule has 3 nitrogen and oxygen atoms in total. The molecule has 0 aromatic heterocycles. The molecule has 1 rings (SSSR count). The Labute approximate surface area is 54.7 Å². The molecule has 0 radical (unpaired) electrons. The highest BCUT2D eigenvalue weighted by Crippen LogP contribution is 2.06. The van der Waals surface area contributed by atoms with Crippen molar-refractivity contribution in [2.45, 2.75) is 6.42 Å². The van der Waals surface area contributed by atoms with Gasteiger partial charge >= 0.3 is 0 Å². The van der Waals surface area contributed by atoms with Crippen LogP contribution in [0.2, 0.25) is 0 Å². The average Bonchev–Trinajstić information content (AvgIpc) is 2.10. The van der Waals surface area contributed by atoms with E-state index in [0.717, 1.165) is 5.71 Å². The van der Waals surface area contributed by atoms with Gasteiger partial charge in [-0.1, -0.05) is 0 Å². The molecule has 0 bridgehead atoms. The normalized spacial score (nSPS) is 29.2. The number of nitrogens with zero attached hydrogens (tertiary/aromatic N) is 1. The van der Waals surface area contributed by atoms with Crippen molar-refractivity contribution in [3.8, 4) is 0 Å². The fourth-order valence-electron chi connectivity index (χ4n) is 0.848. The molecule has 1 saturated heterocycles. The summed E-state index contributed by atoms with van der Waals surface area (Å²) in [6.07, 6.45) is 0.638. The molecule has 1 fully saturated rings. The van der Waals surface area contributed by atoms with Gasteiger partial charge < -0.3 is 0 Å². The first-order valence-electron chi connectivity index (χ1n) is 2.79. The zero-order chi connectivity index (χ0) is 6.91. The lowest BCUT2D eigenvalue weighted by molar-refractivity contribution is 0.603. The molecule has 0 spiro atoms. The Hall–Kier alpha value is -0.380. The van der Waals surface area contributed by atoms with Gasteiger partial charge in [-0.25, -0.2) is 8.42 Å². The van der Waals surface area contributed by atoms with Crippen LogP contribution in [0, 0.1) is 0 Å². The van der Waals surface area contributed by atoms with Gasteiger partial charge in [0.25, 0.3) is 0 Å². The quantitative estimate of drug-likeness (QED) is 0.479. The van der Waals surface area contributed by atoms with Gasteiger partial charge in [-0.15, -0.1) is 0 Å². The SMILES string of the molecule is CN=C1CCS(=O)(=O)C1. The van der Waals surface area contributed by atoms with Crippen LogP contribution in [0.4, 0.5) is 0 Å². The first-order chi connectivity index (χ1) is 4.14. The highest BCUT2D eigenvalue weighted by atomic mass is 32.2. The minimum Gasteiger partial charge on any atom is -0.296 e. The van der Waals surface area contributed by atoms with E-state index in [2.05, 4.69) is 4.99 Å². The van der Waals surface area contributed by atoms with E-state index in [-0.39, 0.29) is 5.75 Å². The number of aliphatic imine (C=N–C) groups is 1. The van der Waals surface area contributed by atoms with Gasteiger partial charge in [0.1, 0.15) is 0 Å². The number of hydrogen-bond donors (Lipinski definition) is 0. The van der Waals surface area contributed by atoms with E-state index in [9.17, 15) is 8.42 Å². The van der Waals surface area contributed by atoms with E-state index < -0.39 is 9.84 Å². The third-order valence-electron chi connectivity index (χ3n) is 1.40. The second-order valence-corrected chi connectivity index (χ2v) is 4.32. The van der Waals surface area contributed by atoms with Crippen molar-refractivity contribution >= 4 is 15.5 Å². The summed E-state index contributed by atoms with van der Waals surface area (Å²) in [4.78, 5) is 3.82. The van der Waals surface area contributed by atoms with Gasteiger partial charge in [0.15, 0.2) is 9.84 Å². The summed E-state index contributed by atoms with van der Waals surface area (Å²) in [5, 5.41) is 0. The third-order valence-corrected chi connectivity index (χ3v) is 3.00. The van der Waals surface area contributed by atoms with Crippen molar-refractivity contribution in [2.24, 2.45) is 4.99 Å². The van der Waals surface area contributed by atoms with Crippen LogP contribution in [0.3, 0.4) is 0 Å². The zero-order valence-electron chi connectivity index (χ0n) is 5.29. The van der Waals surface area contributed by atoms with Crippen LogP contribution in [-0.4, -0.2) is 32.7 Å². The minimum absolute atomic E-state index is 0.184. The molecule has 1 heterocycles. The molecule has 0 unspecified atom stereocenters. The molecule has 0 saturated carbocycles. The summed E-state index contributed by atoms with van der Waals surface area (Å²) < 4.78 is 21.4. The number of hydrogen-bond acceptors (Lipinski definition) is 3. The zero-order valence-corrected chi connectivity index (χ0v) is 6.11. The van der Waals surface area contributed by atoms with Crippen molar-refractivity contribution in [3.63, 3.8) is 0 Å². The molecule has 9 heavy (non-hydrogen) atoms. The summed E-state index contributed by atoms with van der Waals surface area (Å²) in [5.41, 5.74) is 0.815. The second-order valence-electron chi connectivity index (χ2n) is 2.13. The fraction of sp³-hybridized carbons (Fsp3) is 0.800. The first-order valence-corrected chi connectivity index (χ1v) is 4.61. The van der Waals surface area contributed by atoms with Crippen LogP contribution in [0.25, 0.3) is 0 Å². The van der Waals surface area contributed by atoms with Gasteiger partial charge in [-0.05, 0) is 0 Å². The van der Waals surface area contributed by atoms with Crippen LogP contribution in [0.1, 0.15) is 6.42 Å². The lowest BCUT2D eigenvalue weighted by Crippen LogP contribution is -2.03. The Morgan fingerprint density at radius 3 is 2.44 bits per heavy atom. The lowest BCUT2D eigenvalue weighted by Gasteiger charge is -1.84. The number of sulfone groups is 1. The topological polar surface area (TPSA) is 46.5 Å². The summed E-state index contributed by atoms with van der Waals surface area (Å²) >= 11 is 0. The molecular weight excluding hydrogens is 138 g/mol. The van der Waals surface area contributed by atoms with Crippen LogP contribution < -0.4 is 0 Å². The standard InChI is InChI=1S/C5H9NO2S/c1-6-5-2-3-9(7,8)4-5/h2-4H2,1H3. The van der Waals surface area contributed by atoms with E-state index >= 15 is 0 Å². The summed E-state index contributed by atoms with van der Waals surface area (Å²) in [7, 11) is -1.10. The molecule has 0 N–H and O–H groups in total. The van der Waals surface area contributed by atoms with E-state index in [1.165, 1.54) is 0 Å². The maximum Gasteiger partial charge on any atom is 0.156 e. The van der Waals surface area contributed by atoms with E-state index in [4.69, 9.17) is 0 Å². The van der Waals surface area contributed by atoms with E-state index in [0.29, 0.717) is 12.2 Å². The van der Waals surface area contributed by atoms with Gasteiger partial charge in [0, 0.05) is 19.2 Å². The monoisotopic (exact) mass is 147 g/mol. The minimum atomic E-state index is -2.74. The average molecular weight is 147 g/mol. The predicted octanol–water partition coefficient (Wildman–Crippen LogP) is -0.124. The third kappa shape index (κ3) is 1.51. The predicted molar refractivity (Wildman–Crippen MR) is 36.6 cm³/mol. The lowest BCUT2D eigenvalue weighted by atomic mass is 10.3. The molecule has 0 aromatic rings. The van der Waals surface area contributed by atoms with Crippen LogP contribution in [-0.2, 0) is 9.84 Å². The molecule has 0 aliphatic carbocycles. The maximum absolute atomic E-state index is 10.7. The summed E-state index contributed by atoms with van der Waals surface area (Å²) in [6, 6.07) is 0. The number of rotatable bonds is 0. The van der Waals surface area contributed by atoms with Gasteiger partial charge in [0.2, 0.25) is 0 Å². The Morgan fingerprint density at radius 1 is 1.56 bits per heavy atom. The largest absolute Gasteiger partial charge is 0.296 e. The smallest absolute Gasteiger partial charge is 0.156 e. The molecule has 52 valence electrons. The Balaban J connectivity index is 2.81. The van der Waals surface area contributed by atoms with Crippen molar-refractivity contribution in [3.05, 3.63) is 0 Å². The molecule has 0 aromatic carbocycles. The molecule has 4 heteroatoms. The highest BCUT2D eigenvalue weighted by Gasteiger charge is 2.22. The van der Waals surface area contributed by atoms with Crippen molar-refractivity contribution < 1.29 is 8.42 Å². The summed E-state index contributed by atoms with van der Waals surface area (Å²) in [6.45, 7) is 0. The highest BCUT2D eigenvalue weighted by molar-refractivity contribution is 7.92. The Morgan fingerprint density at radius 2 is 2.22 bits per heavy atom. The van der Waals surface area contributed by atoms with Gasteiger partial charge in [-0.2, -0.15) is 0 Å². The molecule has 1 aliphatic heterocycles. The summed E-state index contributed by atoms with van der Waals surface area (Å²) in [5.74, 6) is 0.475. The molecule has 0 atom stereocenters. The van der Waals surface area contributed by atoms with Crippen molar-refractivity contribution in [2.75, 3.05) is 18.6 Å². The Kier molecular flexibility index (Phi) is 1.57. The van der Waals surface area contributed by atoms with Gasteiger partial charge in [-0.3, -0.25) is 4.99 Å². The van der Waals surface area contributed by atoms with Crippen LogP contribution in [0.5, 0.6) is 0 Å². The van der Waals surface area contributed by atoms with Crippen LogP contribution >= 0.6 is 0 Å². The first kappa shape index (κ1) is 6.74. The molecule has 0 amide bonds. The van der Waals surface area contributed by atoms with E-state index in [1.54, 1.807) is 7.05 Å². The maximum atomic E-state index is 10.7. The molecular formula is C5H9NO2S. The Bertz CT molecular complexity index is 227. The van der Waals surface area contributed by atoms with E-state index in [1.807, 2.05) is 0 Å².